The van der Waals surface area contributed by atoms with Crippen LogP contribution in [0, 0.1) is 0 Å². The van der Waals surface area contributed by atoms with Crippen molar-refractivity contribution in [2.75, 3.05) is 11.9 Å². The van der Waals surface area contributed by atoms with E-state index in [2.05, 4.69) is 10.6 Å². The van der Waals surface area contributed by atoms with Crippen molar-refractivity contribution in [1.29, 1.82) is 0 Å². The number of aliphatic hydroxyl groups is 2. The van der Waals surface area contributed by atoms with E-state index in [1.807, 2.05) is 0 Å². The van der Waals surface area contributed by atoms with Crippen LogP contribution in [0.25, 0.3) is 0 Å². The van der Waals surface area contributed by atoms with E-state index in [9.17, 15) is 19.2 Å². The maximum absolute atomic E-state index is 12.8. The summed E-state index contributed by atoms with van der Waals surface area (Å²) in [6.45, 7) is 0.709. The fourth-order valence-electron chi connectivity index (χ4n) is 3.80. The summed E-state index contributed by atoms with van der Waals surface area (Å²) in [5.41, 5.74) is 1.25. The highest BCUT2D eigenvalue weighted by Crippen LogP contribution is 2.29. The van der Waals surface area contributed by atoms with Gasteiger partial charge in [0.05, 0.1) is 11.1 Å². The molecule has 1 aromatic carbocycles. The van der Waals surface area contributed by atoms with Crippen LogP contribution in [-0.4, -0.2) is 57.6 Å². The number of fused-ring (bicyclic) bond motifs is 1. The summed E-state index contributed by atoms with van der Waals surface area (Å²) in [7, 11) is 0. The molecule has 2 aliphatic rings. The highest BCUT2D eigenvalue weighted by atomic mass is 16.5. The summed E-state index contributed by atoms with van der Waals surface area (Å²) >= 11 is 0. The van der Waals surface area contributed by atoms with Gasteiger partial charge >= 0.3 is 0 Å². The van der Waals surface area contributed by atoms with Gasteiger partial charge in [-0.3, -0.25) is 29.4 Å². The molecule has 4 N–H and O–H groups in total. The average Bonchev–Trinajstić information content (AvgIpc) is 2.94. The van der Waals surface area contributed by atoms with Crippen LogP contribution < -0.4 is 10.6 Å². The third-order valence-corrected chi connectivity index (χ3v) is 5.41. The zero-order chi connectivity index (χ0) is 21.7. The smallest absolute Gasteiger partial charge is 0.262 e. The Bertz CT molecular complexity index is 838. The third kappa shape index (κ3) is 5.03. The summed E-state index contributed by atoms with van der Waals surface area (Å²) < 4.78 is 0. The summed E-state index contributed by atoms with van der Waals surface area (Å²) in [5, 5.41) is 23.0. The zero-order valence-corrected chi connectivity index (χ0v) is 16.7. The minimum absolute atomic E-state index is 0.0944. The SMILES string of the molecule is O=C1CCC(N2C(=O)c3ccc(NCCCCCCCC(O)O)cc3C2=O)C(=O)N1. The molecule has 0 aromatic heterocycles. The number of hydrogen-bond acceptors (Lipinski definition) is 7. The predicted molar refractivity (Wildman–Crippen MR) is 108 cm³/mol. The van der Waals surface area contributed by atoms with Crippen LogP contribution in [0.2, 0.25) is 0 Å². The van der Waals surface area contributed by atoms with Crippen molar-refractivity contribution in [2.45, 2.75) is 63.7 Å². The first-order chi connectivity index (χ1) is 14.4. The average molecular weight is 417 g/mol. The van der Waals surface area contributed by atoms with Gasteiger partial charge in [-0.25, -0.2) is 0 Å². The largest absolute Gasteiger partial charge is 0.385 e. The summed E-state index contributed by atoms with van der Waals surface area (Å²) in [6, 6.07) is 3.99. The standard InChI is InChI=1S/C21H27N3O6/c25-17-10-9-16(19(28)23-17)24-20(29)14-8-7-13(12-15(14)21(24)30)22-11-5-3-1-2-4-6-18(26)27/h7-8,12,16,18,22,26-27H,1-6,9-11H2,(H,23,25,28). The Labute approximate surface area is 174 Å². The van der Waals surface area contributed by atoms with Crippen molar-refractivity contribution in [2.24, 2.45) is 0 Å². The lowest BCUT2D eigenvalue weighted by Crippen LogP contribution is -2.54. The van der Waals surface area contributed by atoms with Gasteiger partial charge < -0.3 is 15.5 Å². The van der Waals surface area contributed by atoms with Crippen molar-refractivity contribution in [3.63, 3.8) is 0 Å². The zero-order valence-electron chi connectivity index (χ0n) is 16.7. The van der Waals surface area contributed by atoms with Crippen molar-refractivity contribution in [1.82, 2.24) is 10.2 Å². The number of imide groups is 2. The Morgan fingerprint density at radius 1 is 1.00 bits per heavy atom. The normalized spacial score (nSPS) is 18.8. The molecule has 1 unspecified atom stereocenters. The Morgan fingerprint density at radius 2 is 1.70 bits per heavy atom. The number of carbonyl (C=O) groups is 4. The van der Waals surface area contributed by atoms with E-state index in [-0.39, 0.29) is 24.0 Å². The summed E-state index contributed by atoms with van der Waals surface area (Å²) in [4.78, 5) is 49.8. The van der Waals surface area contributed by atoms with Crippen LogP contribution in [-0.2, 0) is 9.59 Å². The van der Waals surface area contributed by atoms with Gasteiger partial charge in [0.2, 0.25) is 11.8 Å². The van der Waals surface area contributed by atoms with Gasteiger partial charge in [-0.2, -0.15) is 0 Å². The van der Waals surface area contributed by atoms with Crippen LogP contribution in [0.4, 0.5) is 5.69 Å². The van der Waals surface area contributed by atoms with E-state index in [0.717, 1.165) is 42.7 Å². The minimum Gasteiger partial charge on any atom is -0.385 e. The number of carbonyl (C=O) groups excluding carboxylic acids is 4. The molecule has 3 rings (SSSR count). The lowest BCUT2D eigenvalue weighted by Gasteiger charge is -2.27. The molecule has 0 bridgehead atoms. The van der Waals surface area contributed by atoms with Crippen molar-refractivity contribution < 1.29 is 29.4 Å². The molecule has 1 atom stereocenters. The summed E-state index contributed by atoms with van der Waals surface area (Å²) in [5.74, 6) is -2.04. The number of anilines is 1. The Balaban J connectivity index is 1.51. The Kier molecular flexibility index (Phi) is 7.17. The molecule has 1 fully saturated rings. The molecule has 2 heterocycles. The van der Waals surface area contributed by atoms with E-state index in [1.165, 1.54) is 0 Å². The maximum Gasteiger partial charge on any atom is 0.262 e. The van der Waals surface area contributed by atoms with Gasteiger partial charge in [-0.1, -0.05) is 19.3 Å². The summed E-state index contributed by atoms with van der Waals surface area (Å²) in [6.07, 6.45) is 4.07. The van der Waals surface area contributed by atoms with Crippen molar-refractivity contribution in [3.05, 3.63) is 29.3 Å². The van der Waals surface area contributed by atoms with Crippen LogP contribution in [0.3, 0.4) is 0 Å². The molecule has 0 radical (unpaired) electrons. The number of rotatable bonds is 10. The number of nitrogens with zero attached hydrogens (tertiary/aromatic N) is 1. The molecule has 9 heteroatoms. The van der Waals surface area contributed by atoms with Gasteiger partial charge in [0.25, 0.3) is 11.8 Å². The monoisotopic (exact) mass is 417 g/mol. The highest BCUT2D eigenvalue weighted by molar-refractivity contribution is 6.23. The minimum atomic E-state index is -1.23. The van der Waals surface area contributed by atoms with E-state index in [4.69, 9.17) is 10.2 Å². The maximum atomic E-state index is 12.8. The second kappa shape index (κ2) is 9.82. The quantitative estimate of drug-likeness (QED) is 0.255. The molecule has 0 aliphatic carbocycles. The molecular weight excluding hydrogens is 390 g/mol. The molecule has 1 saturated heterocycles. The number of hydrogen-bond donors (Lipinski definition) is 4. The molecule has 162 valence electrons. The fourth-order valence-corrected chi connectivity index (χ4v) is 3.80. The highest BCUT2D eigenvalue weighted by Gasteiger charge is 2.44. The first kappa shape index (κ1) is 21.9. The van der Waals surface area contributed by atoms with E-state index < -0.39 is 36.0 Å². The predicted octanol–water partition coefficient (Wildman–Crippen LogP) is 1.15. The number of amides is 4. The molecule has 0 saturated carbocycles. The molecule has 1 aromatic rings. The van der Waals surface area contributed by atoms with Crippen molar-refractivity contribution in [3.8, 4) is 0 Å². The molecular formula is C21H27N3O6. The van der Waals surface area contributed by atoms with Gasteiger partial charge in [0.15, 0.2) is 6.29 Å². The van der Waals surface area contributed by atoms with Crippen LogP contribution >= 0.6 is 0 Å². The van der Waals surface area contributed by atoms with Gasteiger partial charge in [0, 0.05) is 18.7 Å². The van der Waals surface area contributed by atoms with Gasteiger partial charge in [-0.15, -0.1) is 0 Å². The third-order valence-electron chi connectivity index (χ3n) is 5.41. The van der Waals surface area contributed by atoms with E-state index in [1.54, 1.807) is 18.2 Å². The topological polar surface area (TPSA) is 136 Å². The molecule has 0 spiro atoms. The van der Waals surface area contributed by atoms with E-state index in [0.29, 0.717) is 13.0 Å². The molecule has 4 amide bonds. The Morgan fingerprint density at radius 3 is 2.43 bits per heavy atom. The number of piperidine rings is 1. The van der Waals surface area contributed by atoms with Crippen LogP contribution in [0.15, 0.2) is 18.2 Å². The Hall–Kier alpha value is -2.78. The first-order valence-electron chi connectivity index (χ1n) is 10.3. The van der Waals surface area contributed by atoms with Gasteiger partial charge in [0.1, 0.15) is 6.04 Å². The fraction of sp³-hybridized carbons (Fsp3) is 0.524. The number of unbranched alkanes of at least 4 members (excludes halogenated alkanes) is 4. The number of benzene rings is 1. The first-order valence-corrected chi connectivity index (χ1v) is 10.3. The van der Waals surface area contributed by atoms with Crippen LogP contribution in [0.5, 0.6) is 0 Å². The van der Waals surface area contributed by atoms with Crippen molar-refractivity contribution >= 4 is 29.3 Å². The second-order valence-electron chi connectivity index (χ2n) is 7.67. The molecule has 9 nitrogen and oxygen atoms in total. The molecule has 2 aliphatic heterocycles. The lowest BCUT2D eigenvalue weighted by molar-refractivity contribution is -0.136. The molecule has 30 heavy (non-hydrogen) atoms. The lowest BCUT2D eigenvalue weighted by atomic mass is 10.0. The second-order valence-corrected chi connectivity index (χ2v) is 7.67. The number of nitrogens with one attached hydrogen (secondary N) is 2. The number of aliphatic hydroxyl groups excluding tert-OH is 1. The van der Waals surface area contributed by atoms with E-state index >= 15 is 0 Å². The van der Waals surface area contributed by atoms with Crippen LogP contribution in [0.1, 0.15) is 72.1 Å². The van der Waals surface area contributed by atoms with Gasteiger partial charge in [-0.05, 0) is 43.9 Å².